The van der Waals surface area contributed by atoms with Gasteiger partial charge in [0.1, 0.15) is 12.4 Å². The summed E-state index contributed by atoms with van der Waals surface area (Å²) < 4.78 is 1.09. The summed E-state index contributed by atoms with van der Waals surface area (Å²) >= 11 is 0. The fraction of sp³-hybridized carbons (Fsp3) is 0. The predicted molar refractivity (Wildman–Crippen MR) is 66.1 cm³/mol. The van der Waals surface area contributed by atoms with E-state index in [1.54, 1.807) is 24.3 Å². The minimum absolute atomic E-state index is 0.00759. The molecule has 0 fully saturated rings. The van der Waals surface area contributed by atoms with Crippen molar-refractivity contribution < 1.29 is 4.92 Å². The van der Waals surface area contributed by atoms with Crippen LogP contribution in [0.1, 0.15) is 0 Å². The third-order valence-electron chi connectivity index (χ3n) is 2.58. The largest absolute Gasteiger partial charge is 0.317 e. The summed E-state index contributed by atoms with van der Waals surface area (Å²) in [5.74, 6) is -0.00759. The van der Waals surface area contributed by atoms with Crippen LogP contribution >= 0.6 is 0 Å². The van der Waals surface area contributed by atoms with Gasteiger partial charge in [-0.2, -0.15) is 5.10 Å². The monoisotopic (exact) mass is 257 g/mol. The summed E-state index contributed by atoms with van der Waals surface area (Å²) in [6, 6.07) is 7.01. The Kier molecular flexibility index (Phi) is 2.34. The molecule has 94 valence electrons. The Balaban J connectivity index is 2.21. The normalized spacial score (nSPS) is 10.7. The molecule has 0 unspecified atom stereocenters. The van der Waals surface area contributed by atoms with Gasteiger partial charge in [-0.05, 0) is 12.1 Å². The summed E-state index contributed by atoms with van der Waals surface area (Å²) in [6.45, 7) is 0. The molecule has 2 aromatic heterocycles. The maximum Gasteiger partial charge on any atom is 0.307 e. The number of rotatable bonds is 2. The number of fused-ring (bicyclic) bond motifs is 1. The molecule has 3 aromatic rings. The first-order valence-electron chi connectivity index (χ1n) is 5.33. The van der Waals surface area contributed by atoms with Gasteiger partial charge in [0.2, 0.25) is 5.82 Å². The molecule has 0 saturated carbocycles. The molecular formula is C11H7N5O3. The maximum absolute atomic E-state index is 11.9. The van der Waals surface area contributed by atoms with Gasteiger partial charge < -0.3 is 4.98 Å². The molecule has 8 heteroatoms. The van der Waals surface area contributed by atoms with E-state index in [-0.39, 0.29) is 11.5 Å². The van der Waals surface area contributed by atoms with Gasteiger partial charge in [0, 0.05) is 0 Å². The molecule has 8 nitrogen and oxygen atoms in total. The highest BCUT2D eigenvalue weighted by molar-refractivity contribution is 5.74. The quantitative estimate of drug-likeness (QED) is 0.544. The lowest BCUT2D eigenvalue weighted by molar-refractivity contribution is -0.384. The first-order chi connectivity index (χ1) is 9.15. The number of aromatic amines is 1. The molecule has 0 atom stereocenters. The number of hydrogen-bond donors (Lipinski definition) is 1. The van der Waals surface area contributed by atoms with Crippen LogP contribution in [-0.2, 0) is 0 Å². The highest BCUT2D eigenvalue weighted by Gasteiger charge is 2.13. The molecule has 3 rings (SSSR count). The van der Waals surface area contributed by atoms with Crippen molar-refractivity contribution in [3.8, 4) is 5.82 Å². The van der Waals surface area contributed by atoms with Gasteiger partial charge in [-0.25, -0.2) is 9.67 Å². The highest BCUT2D eigenvalue weighted by Crippen LogP contribution is 2.12. The van der Waals surface area contributed by atoms with Gasteiger partial charge in [-0.15, -0.1) is 0 Å². The van der Waals surface area contributed by atoms with Crippen molar-refractivity contribution in [2.45, 2.75) is 0 Å². The standard InChI is InChI=1S/C11H7N5O3/c17-11-10(15-6-7(5-12-15)16(18)19)13-8-3-1-2-4-9(8)14-11/h1-6H,(H,14,17). The smallest absolute Gasteiger partial charge is 0.307 e. The van der Waals surface area contributed by atoms with E-state index in [9.17, 15) is 14.9 Å². The second-order valence-corrected chi connectivity index (χ2v) is 3.81. The van der Waals surface area contributed by atoms with E-state index >= 15 is 0 Å². The number of H-pyrrole nitrogens is 1. The molecule has 0 bridgehead atoms. The Morgan fingerprint density at radius 1 is 1.32 bits per heavy atom. The van der Waals surface area contributed by atoms with Gasteiger partial charge in [-0.1, -0.05) is 12.1 Å². The number of nitrogens with zero attached hydrogens (tertiary/aromatic N) is 4. The van der Waals surface area contributed by atoms with Crippen LogP contribution in [0.2, 0.25) is 0 Å². The lowest BCUT2D eigenvalue weighted by atomic mass is 10.3. The van der Waals surface area contributed by atoms with Crippen molar-refractivity contribution in [3.05, 3.63) is 57.1 Å². The van der Waals surface area contributed by atoms with Gasteiger partial charge in [-0.3, -0.25) is 14.9 Å². The number of nitrogens with one attached hydrogen (secondary N) is 1. The van der Waals surface area contributed by atoms with E-state index in [0.29, 0.717) is 11.0 Å². The van der Waals surface area contributed by atoms with E-state index < -0.39 is 10.5 Å². The molecule has 19 heavy (non-hydrogen) atoms. The zero-order chi connectivity index (χ0) is 13.4. The van der Waals surface area contributed by atoms with Crippen molar-refractivity contribution in [1.29, 1.82) is 0 Å². The van der Waals surface area contributed by atoms with Crippen LogP contribution in [0.25, 0.3) is 16.9 Å². The van der Waals surface area contributed by atoms with Crippen molar-refractivity contribution >= 4 is 16.7 Å². The van der Waals surface area contributed by atoms with Crippen LogP contribution in [0.5, 0.6) is 0 Å². The molecule has 0 aliphatic rings. The van der Waals surface area contributed by atoms with Gasteiger partial charge in [0.05, 0.1) is 16.0 Å². The van der Waals surface area contributed by atoms with E-state index in [4.69, 9.17) is 0 Å². The Hall–Kier alpha value is -3.03. The minimum atomic E-state index is -0.585. The fourth-order valence-corrected chi connectivity index (χ4v) is 1.70. The van der Waals surface area contributed by atoms with Crippen molar-refractivity contribution in [2.75, 3.05) is 0 Å². The van der Waals surface area contributed by atoms with Crippen LogP contribution in [-0.4, -0.2) is 24.7 Å². The fourth-order valence-electron chi connectivity index (χ4n) is 1.70. The molecule has 0 amide bonds. The SMILES string of the molecule is O=c1[nH]c2ccccc2nc1-n1cc([N+](=O)[O-])cn1. The average Bonchev–Trinajstić information content (AvgIpc) is 2.87. The zero-order valence-corrected chi connectivity index (χ0v) is 9.48. The average molecular weight is 257 g/mol. The first kappa shape index (κ1) is 11.1. The maximum atomic E-state index is 11.9. The van der Waals surface area contributed by atoms with Crippen molar-refractivity contribution in [2.24, 2.45) is 0 Å². The summed E-state index contributed by atoms with van der Waals surface area (Å²) in [7, 11) is 0. The molecule has 0 aliphatic heterocycles. The summed E-state index contributed by atoms with van der Waals surface area (Å²) in [4.78, 5) is 28.7. The molecule has 1 aromatic carbocycles. The molecule has 1 N–H and O–H groups in total. The third-order valence-corrected chi connectivity index (χ3v) is 2.58. The van der Waals surface area contributed by atoms with E-state index in [0.717, 1.165) is 17.1 Å². The Morgan fingerprint density at radius 3 is 2.84 bits per heavy atom. The van der Waals surface area contributed by atoms with E-state index in [1.807, 2.05) is 0 Å². The molecule has 0 spiro atoms. The van der Waals surface area contributed by atoms with Crippen LogP contribution < -0.4 is 5.56 Å². The molecule has 0 saturated heterocycles. The van der Waals surface area contributed by atoms with Crippen LogP contribution in [0.3, 0.4) is 0 Å². The molecular weight excluding hydrogens is 250 g/mol. The molecule has 0 radical (unpaired) electrons. The number of para-hydroxylation sites is 2. The van der Waals surface area contributed by atoms with Crippen LogP contribution in [0.15, 0.2) is 41.5 Å². The second kappa shape index (κ2) is 4.02. The van der Waals surface area contributed by atoms with Crippen molar-refractivity contribution in [3.63, 3.8) is 0 Å². The summed E-state index contributed by atoms with van der Waals surface area (Å²) in [5, 5.41) is 14.4. The lowest BCUT2D eigenvalue weighted by Gasteiger charge is -2.01. The summed E-state index contributed by atoms with van der Waals surface area (Å²) in [6.07, 6.45) is 2.21. The highest BCUT2D eigenvalue weighted by atomic mass is 16.6. The lowest BCUT2D eigenvalue weighted by Crippen LogP contribution is -2.17. The van der Waals surface area contributed by atoms with Gasteiger partial charge >= 0.3 is 5.69 Å². The number of hydrogen-bond acceptors (Lipinski definition) is 5. The molecule has 0 aliphatic carbocycles. The van der Waals surface area contributed by atoms with E-state index in [2.05, 4.69) is 15.1 Å². The van der Waals surface area contributed by atoms with Crippen LogP contribution in [0.4, 0.5) is 5.69 Å². The number of nitro groups is 1. The Bertz CT molecular complexity index is 835. The van der Waals surface area contributed by atoms with Gasteiger partial charge in [0.25, 0.3) is 5.56 Å². The molecule has 2 heterocycles. The topological polar surface area (TPSA) is 107 Å². The van der Waals surface area contributed by atoms with Gasteiger partial charge in [0.15, 0.2) is 0 Å². The minimum Gasteiger partial charge on any atom is -0.317 e. The van der Waals surface area contributed by atoms with Crippen molar-refractivity contribution in [1.82, 2.24) is 19.7 Å². The number of aromatic nitrogens is 4. The van der Waals surface area contributed by atoms with E-state index in [1.165, 1.54) is 0 Å². The first-order valence-corrected chi connectivity index (χ1v) is 5.33. The summed E-state index contributed by atoms with van der Waals surface area (Å²) in [5.41, 5.74) is 0.513. The van der Waals surface area contributed by atoms with Crippen LogP contribution in [0, 0.1) is 10.1 Å². The zero-order valence-electron chi connectivity index (χ0n) is 9.48. The second-order valence-electron chi connectivity index (χ2n) is 3.81. The predicted octanol–water partition coefficient (Wildman–Crippen LogP) is 1.02. The number of benzene rings is 1. The Labute approximate surface area is 105 Å². The third kappa shape index (κ3) is 1.84. The Morgan fingerprint density at radius 2 is 2.11 bits per heavy atom.